The molecule has 32 heavy (non-hydrogen) atoms. The Balaban J connectivity index is 1.79. The first-order chi connectivity index (χ1) is 15.7. The second kappa shape index (κ2) is 21.1. The molecule has 0 saturated heterocycles. The minimum absolute atomic E-state index is 0.110. The molecule has 0 radical (unpaired) electrons. The van der Waals surface area contributed by atoms with Gasteiger partial charge in [-0.15, -0.1) is 0 Å². The number of carbonyl (C=O) groups excluding carboxylic acids is 1. The van der Waals surface area contributed by atoms with Crippen LogP contribution in [0.25, 0.3) is 6.08 Å². The van der Waals surface area contributed by atoms with Gasteiger partial charge in [0.15, 0.2) is 0 Å². The van der Waals surface area contributed by atoms with E-state index >= 15 is 0 Å². The lowest BCUT2D eigenvalue weighted by Crippen LogP contribution is -2.03. The van der Waals surface area contributed by atoms with Gasteiger partial charge in [0.2, 0.25) is 0 Å². The first kappa shape index (κ1) is 28.3. The molecule has 1 aromatic rings. The Bertz CT molecular complexity index is 577. The SMILES string of the molecule is CCCCCCCCCCCCCCCCCCCC(=O)OCC=Cc1ccc(O)cc1. The highest BCUT2D eigenvalue weighted by Crippen LogP contribution is 2.14. The zero-order valence-corrected chi connectivity index (χ0v) is 20.7. The molecule has 1 rings (SSSR count). The molecule has 0 fully saturated rings. The maximum absolute atomic E-state index is 11.8. The number of esters is 1. The predicted octanol–water partition coefficient (Wildman–Crippen LogP) is 8.99. The topological polar surface area (TPSA) is 46.5 Å². The Hall–Kier alpha value is -1.77. The fourth-order valence-electron chi connectivity index (χ4n) is 3.98. The molecule has 0 aliphatic heterocycles. The smallest absolute Gasteiger partial charge is 0.306 e. The molecule has 0 bridgehead atoms. The van der Waals surface area contributed by atoms with Crippen molar-refractivity contribution in [2.75, 3.05) is 6.61 Å². The van der Waals surface area contributed by atoms with E-state index in [1.807, 2.05) is 24.3 Å². The predicted molar refractivity (Wildman–Crippen MR) is 137 cm³/mol. The van der Waals surface area contributed by atoms with Crippen molar-refractivity contribution < 1.29 is 14.6 Å². The van der Waals surface area contributed by atoms with E-state index < -0.39 is 0 Å². The molecule has 0 amide bonds. The van der Waals surface area contributed by atoms with Crippen molar-refractivity contribution in [2.45, 2.75) is 122 Å². The van der Waals surface area contributed by atoms with Crippen molar-refractivity contribution in [3.63, 3.8) is 0 Å². The Morgan fingerprint density at radius 2 is 1.16 bits per heavy atom. The van der Waals surface area contributed by atoms with Gasteiger partial charge < -0.3 is 9.84 Å². The Morgan fingerprint density at radius 3 is 1.62 bits per heavy atom. The van der Waals surface area contributed by atoms with Crippen LogP contribution in [-0.2, 0) is 9.53 Å². The molecule has 0 saturated carbocycles. The molecule has 0 spiro atoms. The second-order valence-corrected chi connectivity index (χ2v) is 9.08. The number of carbonyl (C=O) groups is 1. The molecule has 182 valence electrons. The van der Waals surface area contributed by atoms with Crippen LogP contribution in [-0.4, -0.2) is 17.7 Å². The molecule has 1 N–H and O–H groups in total. The highest BCUT2D eigenvalue weighted by Gasteiger charge is 2.01. The first-order valence-electron chi connectivity index (χ1n) is 13.3. The standard InChI is InChI=1S/C29H48O3/c1-2-3-4-5-6-7-8-9-10-11-12-13-14-15-16-17-18-21-29(31)32-26-19-20-27-22-24-28(30)25-23-27/h19-20,22-25,30H,2-18,21,26H2,1H3. The molecule has 0 atom stereocenters. The third kappa shape index (κ3) is 17.9. The van der Waals surface area contributed by atoms with Crippen molar-refractivity contribution in [3.05, 3.63) is 35.9 Å². The molecular weight excluding hydrogens is 396 g/mol. The molecule has 0 aliphatic carbocycles. The van der Waals surface area contributed by atoms with E-state index in [1.54, 1.807) is 12.1 Å². The lowest BCUT2D eigenvalue weighted by atomic mass is 10.0. The van der Waals surface area contributed by atoms with Gasteiger partial charge in [-0.05, 0) is 30.2 Å². The third-order valence-corrected chi connectivity index (χ3v) is 6.03. The van der Waals surface area contributed by atoms with E-state index in [1.165, 1.54) is 96.3 Å². The van der Waals surface area contributed by atoms with Crippen LogP contribution in [0.15, 0.2) is 30.3 Å². The zero-order valence-electron chi connectivity index (χ0n) is 20.7. The van der Waals surface area contributed by atoms with Crippen molar-refractivity contribution >= 4 is 12.0 Å². The zero-order chi connectivity index (χ0) is 23.1. The lowest BCUT2D eigenvalue weighted by Gasteiger charge is -2.04. The molecule has 0 heterocycles. The molecule has 3 heteroatoms. The average Bonchev–Trinajstić information content (AvgIpc) is 2.80. The molecule has 0 unspecified atom stereocenters. The van der Waals surface area contributed by atoms with Crippen LogP contribution in [0.5, 0.6) is 5.75 Å². The summed E-state index contributed by atoms with van der Waals surface area (Å²) >= 11 is 0. The van der Waals surface area contributed by atoms with Crippen molar-refractivity contribution in [2.24, 2.45) is 0 Å². The van der Waals surface area contributed by atoms with Gasteiger partial charge in [-0.25, -0.2) is 0 Å². The number of phenols is 1. The van der Waals surface area contributed by atoms with Crippen LogP contribution < -0.4 is 0 Å². The molecule has 0 aromatic heterocycles. The first-order valence-corrected chi connectivity index (χ1v) is 13.3. The Morgan fingerprint density at radius 1 is 0.719 bits per heavy atom. The van der Waals surface area contributed by atoms with Gasteiger partial charge in [0.1, 0.15) is 12.4 Å². The third-order valence-electron chi connectivity index (χ3n) is 6.03. The van der Waals surface area contributed by atoms with Crippen LogP contribution in [0.3, 0.4) is 0 Å². The highest BCUT2D eigenvalue weighted by molar-refractivity contribution is 5.69. The maximum atomic E-state index is 11.8. The van der Waals surface area contributed by atoms with Gasteiger partial charge >= 0.3 is 5.97 Å². The lowest BCUT2D eigenvalue weighted by molar-refractivity contribution is -0.142. The van der Waals surface area contributed by atoms with Crippen LogP contribution >= 0.6 is 0 Å². The number of aromatic hydroxyl groups is 1. The van der Waals surface area contributed by atoms with Gasteiger partial charge in [-0.3, -0.25) is 4.79 Å². The monoisotopic (exact) mass is 444 g/mol. The summed E-state index contributed by atoms with van der Waals surface area (Å²) in [6, 6.07) is 6.93. The Kier molecular flexibility index (Phi) is 18.6. The van der Waals surface area contributed by atoms with E-state index in [-0.39, 0.29) is 11.7 Å². The summed E-state index contributed by atoms with van der Waals surface area (Å²) in [5.74, 6) is 0.143. The van der Waals surface area contributed by atoms with E-state index in [2.05, 4.69) is 6.92 Å². The number of hydrogen-bond acceptors (Lipinski definition) is 3. The summed E-state index contributed by atoms with van der Waals surface area (Å²) in [5.41, 5.74) is 0.979. The van der Waals surface area contributed by atoms with Gasteiger partial charge in [0.05, 0.1) is 0 Å². The molecule has 1 aromatic carbocycles. The fourth-order valence-corrected chi connectivity index (χ4v) is 3.98. The molecule has 0 aliphatic rings. The number of hydrogen-bond donors (Lipinski definition) is 1. The minimum atomic E-state index is -0.110. The van der Waals surface area contributed by atoms with Crippen molar-refractivity contribution in [3.8, 4) is 5.75 Å². The van der Waals surface area contributed by atoms with Crippen LogP contribution in [0.1, 0.15) is 128 Å². The Labute approximate surface area is 197 Å². The van der Waals surface area contributed by atoms with E-state index in [4.69, 9.17) is 4.74 Å². The van der Waals surface area contributed by atoms with Crippen molar-refractivity contribution in [1.82, 2.24) is 0 Å². The van der Waals surface area contributed by atoms with E-state index in [0.29, 0.717) is 13.0 Å². The van der Waals surface area contributed by atoms with Gasteiger partial charge in [0.25, 0.3) is 0 Å². The van der Waals surface area contributed by atoms with Crippen LogP contribution in [0.4, 0.5) is 0 Å². The quantitative estimate of drug-likeness (QED) is 0.152. The number of phenolic OH excluding ortho intramolecular Hbond substituents is 1. The molecule has 3 nitrogen and oxygen atoms in total. The van der Waals surface area contributed by atoms with E-state index in [9.17, 15) is 9.90 Å². The number of ether oxygens (including phenoxy) is 1. The largest absolute Gasteiger partial charge is 0.508 e. The average molecular weight is 445 g/mol. The molecular formula is C29H48O3. The number of benzene rings is 1. The number of unbranched alkanes of at least 4 members (excludes halogenated alkanes) is 16. The summed E-state index contributed by atoms with van der Waals surface area (Å²) in [6.07, 6.45) is 27.1. The van der Waals surface area contributed by atoms with Gasteiger partial charge in [-0.2, -0.15) is 0 Å². The summed E-state index contributed by atoms with van der Waals surface area (Å²) in [6.45, 7) is 2.58. The van der Waals surface area contributed by atoms with E-state index in [0.717, 1.165) is 18.4 Å². The summed E-state index contributed by atoms with van der Waals surface area (Å²) in [7, 11) is 0. The second-order valence-electron chi connectivity index (χ2n) is 9.08. The minimum Gasteiger partial charge on any atom is -0.508 e. The van der Waals surface area contributed by atoms with Gasteiger partial charge in [0, 0.05) is 6.42 Å². The van der Waals surface area contributed by atoms with Crippen molar-refractivity contribution in [1.29, 1.82) is 0 Å². The van der Waals surface area contributed by atoms with Crippen LogP contribution in [0, 0.1) is 0 Å². The summed E-state index contributed by atoms with van der Waals surface area (Å²) in [5, 5.41) is 9.25. The normalized spacial score (nSPS) is 11.3. The fraction of sp³-hybridized carbons (Fsp3) is 0.690. The number of rotatable bonds is 21. The van der Waals surface area contributed by atoms with Crippen LogP contribution in [0.2, 0.25) is 0 Å². The summed E-state index contributed by atoms with van der Waals surface area (Å²) in [4.78, 5) is 11.8. The van der Waals surface area contributed by atoms with Gasteiger partial charge in [-0.1, -0.05) is 128 Å². The summed E-state index contributed by atoms with van der Waals surface area (Å²) < 4.78 is 5.24. The maximum Gasteiger partial charge on any atom is 0.306 e. The highest BCUT2D eigenvalue weighted by atomic mass is 16.5.